The standard InChI is InChI=1S/C23H23N3O5/c1-29-20-9-8-18(16-5-2-3-6-17(16)20)22(27)26-19-7-4-10-24-21(19)23(28)25-13-15-14-30-11-12-31-15/h2-10,15H,11-14H2,1H3,(H,25,28)(H,26,27). The molecule has 8 nitrogen and oxygen atoms in total. The van der Waals surface area contributed by atoms with E-state index >= 15 is 0 Å². The van der Waals surface area contributed by atoms with Gasteiger partial charge in [-0.3, -0.25) is 9.59 Å². The van der Waals surface area contributed by atoms with Gasteiger partial charge in [0.2, 0.25) is 0 Å². The Balaban J connectivity index is 1.53. The number of benzene rings is 2. The van der Waals surface area contributed by atoms with Gasteiger partial charge in [-0.25, -0.2) is 4.98 Å². The van der Waals surface area contributed by atoms with Gasteiger partial charge in [-0.05, 0) is 29.7 Å². The highest BCUT2D eigenvalue weighted by molar-refractivity contribution is 6.15. The van der Waals surface area contributed by atoms with Crippen LogP contribution in [-0.2, 0) is 9.47 Å². The Morgan fingerprint density at radius 1 is 1.06 bits per heavy atom. The van der Waals surface area contributed by atoms with Gasteiger partial charge < -0.3 is 24.8 Å². The van der Waals surface area contributed by atoms with Gasteiger partial charge in [0.25, 0.3) is 11.8 Å². The van der Waals surface area contributed by atoms with Crippen LogP contribution in [-0.4, -0.2) is 56.4 Å². The first-order valence-electron chi connectivity index (χ1n) is 9.97. The Labute approximate surface area is 179 Å². The lowest BCUT2D eigenvalue weighted by Crippen LogP contribution is -2.40. The number of ether oxygens (including phenoxy) is 3. The zero-order valence-corrected chi connectivity index (χ0v) is 17.1. The second kappa shape index (κ2) is 9.55. The molecule has 2 aromatic carbocycles. The van der Waals surface area contributed by atoms with Crippen LogP contribution in [0.5, 0.6) is 5.75 Å². The molecule has 31 heavy (non-hydrogen) atoms. The lowest BCUT2D eigenvalue weighted by molar-refractivity contribution is -0.0855. The summed E-state index contributed by atoms with van der Waals surface area (Å²) in [5.41, 5.74) is 0.926. The number of hydrogen-bond donors (Lipinski definition) is 2. The number of carbonyl (C=O) groups is 2. The van der Waals surface area contributed by atoms with Crippen molar-refractivity contribution in [3.63, 3.8) is 0 Å². The first-order chi connectivity index (χ1) is 15.2. The van der Waals surface area contributed by atoms with Gasteiger partial charge in [0.05, 0.1) is 38.7 Å². The van der Waals surface area contributed by atoms with Gasteiger partial charge in [-0.1, -0.05) is 24.3 Å². The van der Waals surface area contributed by atoms with Crippen LogP contribution in [0.25, 0.3) is 10.8 Å². The number of methoxy groups -OCH3 is 1. The maximum Gasteiger partial charge on any atom is 0.272 e. The van der Waals surface area contributed by atoms with Crippen molar-refractivity contribution in [3.05, 3.63) is 66.0 Å². The summed E-state index contributed by atoms with van der Waals surface area (Å²) in [4.78, 5) is 29.9. The van der Waals surface area contributed by atoms with Gasteiger partial charge in [-0.2, -0.15) is 0 Å². The van der Waals surface area contributed by atoms with Crippen molar-refractivity contribution in [2.75, 3.05) is 38.8 Å². The number of amides is 2. The SMILES string of the molecule is COc1ccc(C(=O)Nc2cccnc2C(=O)NCC2COCCO2)c2ccccc12. The lowest BCUT2D eigenvalue weighted by Gasteiger charge is -2.23. The third-order valence-corrected chi connectivity index (χ3v) is 4.99. The highest BCUT2D eigenvalue weighted by Gasteiger charge is 2.20. The zero-order valence-electron chi connectivity index (χ0n) is 17.1. The van der Waals surface area contributed by atoms with E-state index in [1.54, 1.807) is 31.4 Å². The molecule has 1 unspecified atom stereocenters. The number of hydrogen-bond acceptors (Lipinski definition) is 6. The Kier molecular flexibility index (Phi) is 6.40. The van der Waals surface area contributed by atoms with Crippen LogP contribution in [0, 0.1) is 0 Å². The highest BCUT2D eigenvalue weighted by atomic mass is 16.6. The third-order valence-electron chi connectivity index (χ3n) is 4.99. The van der Waals surface area contributed by atoms with Crippen molar-refractivity contribution in [3.8, 4) is 5.75 Å². The largest absolute Gasteiger partial charge is 0.496 e. The van der Waals surface area contributed by atoms with Gasteiger partial charge in [0.15, 0.2) is 5.69 Å². The van der Waals surface area contributed by atoms with Crippen molar-refractivity contribution in [1.82, 2.24) is 10.3 Å². The molecule has 1 fully saturated rings. The van der Waals surface area contributed by atoms with Crippen LogP contribution in [0.2, 0.25) is 0 Å². The number of fused-ring (bicyclic) bond motifs is 1. The van der Waals surface area contributed by atoms with E-state index in [1.807, 2.05) is 24.3 Å². The molecule has 2 heterocycles. The van der Waals surface area contributed by atoms with E-state index in [-0.39, 0.29) is 17.7 Å². The summed E-state index contributed by atoms with van der Waals surface area (Å²) in [5, 5.41) is 7.19. The molecule has 0 radical (unpaired) electrons. The summed E-state index contributed by atoms with van der Waals surface area (Å²) in [7, 11) is 1.59. The van der Waals surface area contributed by atoms with Crippen molar-refractivity contribution in [1.29, 1.82) is 0 Å². The summed E-state index contributed by atoms with van der Waals surface area (Å²) < 4.78 is 16.3. The monoisotopic (exact) mass is 421 g/mol. The van der Waals surface area contributed by atoms with E-state index < -0.39 is 5.91 Å². The summed E-state index contributed by atoms with van der Waals surface area (Å²) in [6.45, 7) is 1.78. The molecule has 2 N–H and O–H groups in total. The van der Waals surface area contributed by atoms with Gasteiger partial charge in [0, 0.05) is 23.7 Å². The number of carbonyl (C=O) groups excluding carboxylic acids is 2. The average molecular weight is 421 g/mol. The average Bonchev–Trinajstić information content (AvgIpc) is 2.82. The van der Waals surface area contributed by atoms with Crippen LogP contribution in [0.1, 0.15) is 20.8 Å². The number of anilines is 1. The Morgan fingerprint density at radius 2 is 1.90 bits per heavy atom. The minimum atomic E-state index is -0.398. The molecule has 8 heteroatoms. The van der Waals surface area contributed by atoms with Gasteiger partial charge in [-0.15, -0.1) is 0 Å². The molecule has 4 rings (SSSR count). The van der Waals surface area contributed by atoms with E-state index in [0.29, 0.717) is 43.4 Å². The molecule has 0 aliphatic carbocycles. The van der Waals surface area contributed by atoms with Crippen molar-refractivity contribution >= 4 is 28.3 Å². The fraction of sp³-hybridized carbons (Fsp3) is 0.261. The molecule has 0 bridgehead atoms. The maximum absolute atomic E-state index is 13.1. The Morgan fingerprint density at radius 3 is 2.68 bits per heavy atom. The van der Waals surface area contributed by atoms with E-state index in [2.05, 4.69) is 15.6 Å². The number of aromatic nitrogens is 1. The maximum atomic E-state index is 13.1. The summed E-state index contributed by atoms with van der Waals surface area (Å²) >= 11 is 0. The molecule has 1 aromatic heterocycles. The van der Waals surface area contributed by atoms with Gasteiger partial charge in [0.1, 0.15) is 5.75 Å². The van der Waals surface area contributed by atoms with Crippen LogP contribution in [0.4, 0.5) is 5.69 Å². The van der Waals surface area contributed by atoms with Crippen LogP contribution >= 0.6 is 0 Å². The van der Waals surface area contributed by atoms with Crippen molar-refractivity contribution in [2.45, 2.75) is 6.10 Å². The second-order valence-electron chi connectivity index (χ2n) is 6.99. The molecule has 0 spiro atoms. The molecule has 2 amide bonds. The van der Waals surface area contributed by atoms with Crippen molar-refractivity contribution < 1.29 is 23.8 Å². The van der Waals surface area contributed by atoms with Gasteiger partial charge >= 0.3 is 0 Å². The second-order valence-corrected chi connectivity index (χ2v) is 6.99. The Hall–Kier alpha value is -3.49. The smallest absolute Gasteiger partial charge is 0.272 e. The quantitative estimate of drug-likeness (QED) is 0.635. The molecule has 160 valence electrons. The van der Waals surface area contributed by atoms with Crippen molar-refractivity contribution in [2.24, 2.45) is 0 Å². The lowest BCUT2D eigenvalue weighted by atomic mass is 10.0. The summed E-state index contributed by atoms with van der Waals surface area (Å²) in [5.74, 6) is -0.0583. The van der Waals surface area contributed by atoms with E-state index in [9.17, 15) is 9.59 Å². The highest BCUT2D eigenvalue weighted by Crippen LogP contribution is 2.29. The minimum Gasteiger partial charge on any atom is -0.496 e. The summed E-state index contributed by atoms with van der Waals surface area (Å²) in [6.07, 6.45) is 1.30. The fourth-order valence-corrected chi connectivity index (χ4v) is 3.47. The number of nitrogens with one attached hydrogen (secondary N) is 2. The summed E-state index contributed by atoms with van der Waals surface area (Å²) in [6, 6.07) is 14.3. The number of rotatable bonds is 6. The van der Waals surface area contributed by atoms with E-state index in [4.69, 9.17) is 14.2 Å². The molecule has 1 saturated heterocycles. The first-order valence-corrected chi connectivity index (χ1v) is 9.97. The molecule has 1 aliphatic heterocycles. The molecule has 1 atom stereocenters. The molecular formula is C23H23N3O5. The van der Waals surface area contributed by atoms with Crippen LogP contribution in [0.15, 0.2) is 54.7 Å². The molecule has 1 aliphatic rings. The molecule has 0 saturated carbocycles. The first kappa shape index (κ1) is 20.8. The molecule has 3 aromatic rings. The third kappa shape index (κ3) is 4.65. The zero-order chi connectivity index (χ0) is 21.6. The Bertz CT molecular complexity index is 1100. The predicted octanol–water partition coefficient (Wildman–Crippen LogP) is 2.64. The predicted molar refractivity (Wildman–Crippen MR) is 116 cm³/mol. The number of pyridine rings is 1. The number of nitrogens with zero attached hydrogens (tertiary/aromatic N) is 1. The molecular weight excluding hydrogens is 398 g/mol. The minimum absolute atomic E-state index is 0.130. The fourth-order valence-electron chi connectivity index (χ4n) is 3.47. The topological polar surface area (TPSA) is 98.8 Å². The normalized spacial score (nSPS) is 16.0. The van der Waals surface area contributed by atoms with Crippen LogP contribution < -0.4 is 15.4 Å². The van der Waals surface area contributed by atoms with E-state index in [0.717, 1.165) is 10.8 Å². The van der Waals surface area contributed by atoms with E-state index in [1.165, 1.54) is 6.20 Å². The van der Waals surface area contributed by atoms with Crippen LogP contribution in [0.3, 0.4) is 0 Å².